The van der Waals surface area contributed by atoms with Crippen molar-refractivity contribution in [2.45, 2.75) is 19.5 Å². The molecule has 1 heterocycles. The summed E-state index contributed by atoms with van der Waals surface area (Å²) in [5.74, 6) is 0. The highest BCUT2D eigenvalue weighted by atomic mass is 35.5. The molecule has 0 saturated carbocycles. The molecule has 0 amide bonds. The number of benzene rings is 2. The molecule has 0 bridgehead atoms. The number of halogens is 1. The number of nitrogens with one attached hydrogen (secondary N) is 1. The van der Waals surface area contributed by atoms with E-state index in [1.54, 1.807) is 0 Å². The molecule has 4 heteroatoms. The molecule has 1 atom stereocenters. The molecule has 0 saturated heterocycles. The summed E-state index contributed by atoms with van der Waals surface area (Å²) < 4.78 is 2.17. The number of aromatic nitrogens is 2. The maximum Gasteiger partial charge on any atom is 0.0958 e. The lowest BCUT2D eigenvalue weighted by Gasteiger charge is -2.20. The minimum Gasteiger partial charge on any atom is -0.329 e. The summed E-state index contributed by atoms with van der Waals surface area (Å²) >= 11 is 6.35. The Balaban J connectivity index is 1.94. The average molecular weight is 300 g/mol. The lowest BCUT2D eigenvalue weighted by Crippen LogP contribution is -2.25. The Hall–Kier alpha value is -1.84. The zero-order valence-corrected chi connectivity index (χ0v) is 12.7. The molecule has 3 aromatic rings. The number of rotatable bonds is 5. The number of para-hydroxylation sites is 2. The van der Waals surface area contributed by atoms with Gasteiger partial charge in [-0.25, -0.2) is 4.98 Å². The Labute approximate surface area is 129 Å². The van der Waals surface area contributed by atoms with Crippen LogP contribution >= 0.6 is 11.6 Å². The van der Waals surface area contributed by atoms with E-state index in [4.69, 9.17) is 11.6 Å². The highest BCUT2D eigenvalue weighted by Crippen LogP contribution is 2.25. The fraction of sp³-hybridized carbons (Fsp3) is 0.235. The van der Waals surface area contributed by atoms with Gasteiger partial charge in [-0.1, -0.05) is 48.9 Å². The van der Waals surface area contributed by atoms with E-state index in [-0.39, 0.29) is 6.04 Å². The Bertz CT molecular complexity index is 735. The molecule has 0 radical (unpaired) electrons. The second-order valence-electron chi connectivity index (χ2n) is 5.02. The Morgan fingerprint density at radius 1 is 1.14 bits per heavy atom. The molecule has 1 aromatic heterocycles. The molecule has 0 aliphatic carbocycles. The van der Waals surface area contributed by atoms with Gasteiger partial charge < -0.3 is 9.88 Å². The summed E-state index contributed by atoms with van der Waals surface area (Å²) in [7, 11) is 0. The Morgan fingerprint density at radius 3 is 2.71 bits per heavy atom. The van der Waals surface area contributed by atoms with Crippen molar-refractivity contribution in [1.82, 2.24) is 14.9 Å². The second-order valence-corrected chi connectivity index (χ2v) is 5.42. The molecule has 21 heavy (non-hydrogen) atoms. The molecule has 0 spiro atoms. The summed E-state index contributed by atoms with van der Waals surface area (Å²) in [5.41, 5.74) is 3.29. The third-order valence-electron chi connectivity index (χ3n) is 3.64. The predicted molar refractivity (Wildman–Crippen MR) is 87.6 cm³/mol. The van der Waals surface area contributed by atoms with E-state index in [1.807, 2.05) is 42.7 Å². The largest absolute Gasteiger partial charge is 0.329 e. The molecule has 0 aliphatic heterocycles. The summed E-state index contributed by atoms with van der Waals surface area (Å²) in [6.07, 6.45) is 1.89. The van der Waals surface area contributed by atoms with Crippen LogP contribution in [0.15, 0.2) is 54.9 Å². The Morgan fingerprint density at radius 2 is 1.90 bits per heavy atom. The van der Waals surface area contributed by atoms with Crippen LogP contribution in [-0.4, -0.2) is 16.1 Å². The lowest BCUT2D eigenvalue weighted by atomic mass is 10.1. The van der Waals surface area contributed by atoms with Gasteiger partial charge in [-0.3, -0.25) is 0 Å². The quantitative estimate of drug-likeness (QED) is 0.770. The normalized spacial score (nSPS) is 12.7. The van der Waals surface area contributed by atoms with Gasteiger partial charge in [-0.05, 0) is 30.3 Å². The first kappa shape index (κ1) is 14.1. The first-order valence-corrected chi connectivity index (χ1v) is 7.55. The van der Waals surface area contributed by atoms with E-state index >= 15 is 0 Å². The summed E-state index contributed by atoms with van der Waals surface area (Å²) in [4.78, 5) is 4.45. The maximum absolute atomic E-state index is 6.35. The van der Waals surface area contributed by atoms with Crippen LogP contribution < -0.4 is 5.32 Å². The van der Waals surface area contributed by atoms with Gasteiger partial charge in [-0.15, -0.1) is 0 Å². The number of hydrogen-bond acceptors (Lipinski definition) is 2. The fourth-order valence-corrected chi connectivity index (χ4v) is 2.90. The van der Waals surface area contributed by atoms with Crippen molar-refractivity contribution < 1.29 is 0 Å². The van der Waals surface area contributed by atoms with Gasteiger partial charge in [0.1, 0.15) is 0 Å². The van der Waals surface area contributed by atoms with Gasteiger partial charge in [0.15, 0.2) is 0 Å². The van der Waals surface area contributed by atoms with Crippen molar-refractivity contribution >= 4 is 22.6 Å². The molecule has 2 aromatic carbocycles. The van der Waals surface area contributed by atoms with Crippen LogP contribution in [-0.2, 0) is 6.54 Å². The zero-order chi connectivity index (χ0) is 14.7. The van der Waals surface area contributed by atoms with Crippen LogP contribution in [0.25, 0.3) is 11.0 Å². The first-order chi connectivity index (χ1) is 10.3. The number of imidazole rings is 1. The molecular weight excluding hydrogens is 282 g/mol. The molecule has 0 fully saturated rings. The van der Waals surface area contributed by atoms with Crippen LogP contribution in [0.3, 0.4) is 0 Å². The zero-order valence-electron chi connectivity index (χ0n) is 12.0. The minimum absolute atomic E-state index is 0.168. The van der Waals surface area contributed by atoms with E-state index in [9.17, 15) is 0 Å². The van der Waals surface area contributed by atoms with E-state index in [0.717, 1.165) is 34.7 Å². The van der Waals surface area contributed by atoms with E-state index in [1.165, 1.54) is 0 Å². The van der Waals surface area contributed by atoms with Crippen molar-refractivity contribution in [3.63, 3.8) is 0 Å². The van der Waals surface area contributed by atoms with E-state index < -0.39 is 0 Å². The predicted octanol–water partition coefficient (Wildman–Crippen LogP) is 4.04. The summed E-state index contributed by atoms with van der Waals surface area (Å²) in [5, 5.41) is 4.31. The topological polar surface area (TPSA) is 29.9 Å². The average Bonchev–Trinajstić information content (AvgIpc) is 2.91. The van der Waals surface area contributed by atoms with Crippen molar-refractivity contribution in [3.8, 4) is 0 Å². The van der Waals surface area contributed by atoms with Crippen LogP contribution in [0.2, 0.25) is 5.02 Å². The highest BCUT2D eigenvalue weighted by molar-refractivity contribution is 6.31. The highest BCUT2D eigenvalue weighted by Gasteiger charge is 2.15. The van der Waals surface area contributed by atoms with E-state index in [2.05, 4.69) is 33.9 Å². The first-order valence-electron chi connectivity index (χ1n) is 7.17. The third kappa shape index (κ3) is 2.94. The third-order valence-corrected chi connectivity index (χ3v) is 3.98. The van der Waals surface area contributed by atoms with Gasteiger partial charge in [-0.2, -0.15) is 0 Å². The number of fused-ring (bicyclic) bond motifs is 1. The maximum atomic E-state index is 6.35. The standard InChI is InChI=1S/C17H18ClN3/c1-2-19-16(13-7-3-4-8-14(13)18)11-21-12-20-15-9-5-6-10-17(15)21/h3-10,12,16,19H,2,11H2,1H3. The van der Waals surface area contributed by atoms with Gasteiger partial charge in [0.2, 0.25) is 0 Å². The molecule has 3 nitrogen and oxygen atoms in total. The molecule has 1 unspecified atom stereocenters. The van der Waals surface area contributed by atoms with Crippen molar-refractivity contribution in [1.29, 1.82) is 0 Å². The van der Waals surface area contributed by atoms with Gasteiger partial charge >= 0.3 is 0 Å². The number of nitrogens with zero attached hydrogens (tertiary/aromatic N) is 2. The molecule has 0 aliphatic rings. The van der Waals surface area contributed by atoms with Gasteiger partial charge in [0, 0.05) is 11.6 Å². The smallest absolute Gasteiger partial charge is 0.0958 e. The molecule has 1 N–H and O–H groups in total. The molecule has 108 valence electrons. The van der Waals surface area contributed by atoms with Crippen LogP contribution in [0.1, 0.15) is 18.5 Å². The fourth-order valence-electron chi connectivity index (χ4n) is 2.63. The van der Waals surface area contributed by atoms with Gasteiger partial charge in [0.05, 0.1) is 23.4 Å². The van der Waals surface area contributed by atoms with E-state index in [0.29, 0.717) is 0 Å². The molecular formula is C17H18ClN3. The van der Waals surface area contributed by atoms with Crippen molar-refractivity contribution in [2.75, 3.05) is 6.54 Å². The van der Waals surface area contributed by atoms with Crippen molar-refractivity contribution in [3.05, 3.63) is 65.4 Å². The summed E-state index contributed by atoms with van der Waals surface area (Å²) in [6, 6.07) is 16.3. The SMILES string of the molecule is CCNC(Cn1cnc2ccccc21)c1ccccc1Cl. The lowest BCUT2D eigenvalue weighted by molar-refractivity contribution is 0.481. The van der Waals surface area contributed by atoms with Crippen LogP contribution in [0.4, 0.5) is 0 Å². The Kier molecular flexibility index (Phi) is 4.23. The number of hydrogen-bond donors (Lipinski definition) is 1. The summed E-state index contributed by atoms with van der Waals surface area (Å²) in [6.45, 7) is 3.80. The monoisotopic (exact) mass is 299 g/mol. The minimum atomic E-state index is 0.168. The van der Waals surface area contributed by atoms with Gasteiger partial charge in [0.25, 0.3) is 0 Å². The second kappa shape index (κ2) is 6.29. The van der Waals surface area contributed by atoms with Crippen LogP contribution in [0.5, 0.6) is 0 Å². The molecule has 3 rings (SSSR count). The van der Waals surface area contributed by atoms with Crippen LogP contribution in [0, 0.1) is 0 Å². The number of likely N-dealkylation sites (N-methyl/N-ethyl adjacent to an activating group) is 1. The van der Waals surface area contributed by atoms with Crippen molar-refractivity contribution in [2.24, 2.45) is 0 Å².